The second-order valence-corrected chi connectivity index (χ2v) is 7.10. The molecule has 0 fully saturated rings. The number of hydrogen-bond donors (Lipinski definition) is 0. The molecule has 0 aliphatic heterocycles. The maximum Gasteiger partial charge on any atom is 0.176 e. The maximum absolute atomic E-state index is 6.30. The molecule has 0 spiro atoms. The summed E-state index contributed by atoms with van der Waals surface area (Å²) in [5.74, 6) is 0.643. The van der Waals surface area contributed by atoms with Gasteiger partial charge in [-0.15, -0.1) is 5.10 Å². The summed E-state index contributed by atoms with van der Waals surface area (Å²) >= 11 is 6.30. The Morgan fingerprint density at radius 2 is 1.82 bits per heavy atom. The molecular weight excluding hydrogens is 376 g/mol. The fourth-order valence-electron chi connectivity index (χ4n) is 3.40. The van der Waals surface area contributed by atoms with E-state index in [1.54, 1.807) is 21.7 Å². The Morgan fingerprint density at radius 3 is 2.54 bits per heavy atom. The third-order valence-corrected chi connectivity index (χ3v) is 5.45. The lowest BCUT2D eigenvalue weighted by Crippen LogP contribution is -2.12. The monoisotopic (exact) mass is 392 g/mol. The Kier molecular flexibility index (Phi) is 3.70. The summed E-state index contributed by atoms with van der Waals surface area (Å²) in [5.41, 5.74) is 4.08. The molecule has 1 atom stereocenters. The zero-order valence-corrected chi connectivity index (χ0v) is 16.3. The van der Waals surface area contributed by atoms with Gasteiger partial charge in [0.25, 0.3) is 0 Å². The van der Waals surface area contributed by atoms with Gasteiger partial charge in [-0.05, 0) is 32.9 Å². The van der Waals surface area contributed by atoms with E-state index in [9.17, 15) is 0 Å². The van der Waals surface area contributed by atoms with Crippen molar-refractivity contribution in [2.24, 2.45) is 0 Å². The minimum atomic E-state index is -0.162. The zero-order chi connectivity index (χ0) is 19.4. The first-order valence-corrected chi connectivity index (χ1v) is 9.28. The highest BCUT2D eigenvalue weighted by Gasteiger charge is 2.21. The topological polar surface area (TPSA) is 78.7 Å². The molecule has 28 heavy (non-hydrogen) atoms. The molecule has 0 unspecified atom stereocenters. The summed E-state index contributed by atoms with van der Waals surface area (Å²) in [6.07, 6.45) is 3.43. The minimum Gasteiger partial charge on any atom is -0.258 e. The molecule has 0 saturated carbocycles. The lowest BCUT2D eigenvalue weighted by atomic mass is 10.3. The van der Waals surface area contributed by atoms with Crippen molar-refractivity contribution in [2.75, 3.05) is 0 Å². The molecule has 0 aliphatic rings. The van der Waals surface area contributed by atoms with E-state index < -0.39 is 0 Å². The SMILES string of the molecule is Cc1nn([C@H](C)c2nc3c4cnn(-c5ccccc5)c4ncn3n2)c(C)c1Cl. The highest BCUT2D eigenvalue weighted by molar-refractivity contribution is 6.31. The van der Waals surface area contributed by atoms with Crippen molar-refractivity contribution in [2.45, 2.75) is 26.8 Å². The van der Waals surface area contributed by atoms with Gasteiger partial charge < -0.3 is 0 Å². The Bertz CT molecular complexity index is 1310. The van der Waals surface area contributed by atoms with E-state index in [2.05, 4.69) is 20.3 Å². The summed E-state index contributed by atoms with van der Waals surface area (Å²) in [6.45, 7) is 5.84. The van der Waals surface area contributed by atoms with Crippen LogP contribution >= 0.6 is 11.6 Å². The molecule has 0 amide bonds. The number of hydrogen-bond acceptors (Lipinski definition) is 5. The molecule has 4 heterocycles. The van der Waals surface area contributed by atoms with Crippen LogP contribution in [0.3, 0.4) is 0 Å². The summed E-state index contributed by atoms with van der Waals surface area (Å²) < 4.78 is 5.33. The van der Waals surface area contributed by atoms with Crippen molar-refractivity contribution in [1.29, 1.82) is 0 Å². The van der Waals surface area contributed by atoms with Crippen LogP contribution in [0, 0.1) is 13.8 Å². The number of rotatable bonds is 3. The van der Waals surface area contributed by atoms with Crippen molar-refractivity contribution in [3.8, 4) is 5.69 Å². The van der Waals surface area contributed by atoms with Crippen LogP contribution < -0.4 is 0 Å². The van der Waals surface area contributed by atoms with Gasteiger partial charge in [0.05, 0.1) is 33.7 Å². The Labute approximate surface area is 165 Å². The lowest BCUT2D eigenvalue weighted by molar-refractivity contribution is 0.520. The Balaban J connectivity index is 1.64. The van der Waals surface area contributed by atoms with Crippen LogP contribution in [0.1, 0.15) is 30.2 Å². The van der Waals surface area contributed by atoms with Crippen LogP contribution in [0.5, 0.6) is 0 Å². The fraction of sp³-hybridized carbons (Fsp3) is 0.211. The van der Waals surface area contributed by atoms with Gasteiger partial charge in [0, 0.05) is 0 Å². The largest absolute Gasteiger partial charge is 0.258 e. The summed E-state index contributed by atoms with van der Waals surface area (Å²) in [6, 6.07) is 9.73. The first-order valence-electron chi connectivity index (χ1n) is 8.90. The molecule has 5 aromatic rings. The third kappa shape index (κ3) is 2.41. The molecule has 0 radical (unpaired) electrons. The van der Waals surface area contributed by atoms with Gasteiger partial charge in [0.15, 0.2) is 17.1 Å². The maximum atomic E-state index is 6.30. The van der Waals surface area contributed by atoms with E-state index >= 15 is 0 Å². The normalized spacial score (nSPS) is 12.9. The van der Waals surface area contributed by atoms with Crippen LogP contribution in [-0.2, 0) is 0 Å². The van der Waals surface area contributed by atoms with E-state index in [1.807, 2.05) is 55.8 Å². The molecule has 0 N–H and O–H groups in total. The number of aryl methyl sites for hydroxylation is 1. The summed E-state index contributed by atoms with van der Waals surface area (Å²) in [7, 11) is 0. The van der Waals surface area contributed by atoms with Crippen molar-refractivity contribution < 1.29 is 0 Å². The highest BCUT2D eigenvalue weighted by Crippen LogP contribution is 2.26. The number of halogens is 1. The lowest BCUT2D eigenvalue weighted by Gasteiger charge is -2.10. The number of para-hydroxylation sites is 1. The van der Waals surface area contributed by atoms with Crippen molar-refractivity contribution in [1.82, 2.24) is 39.1 Å². The Morgan fingerprint density at radius 1 is 1.04 bits per heavy atom. The molecule has 1 aromatic carbocycles. The molecule has 4 aromatic heterocycles. The zero-order valence-electron chi connectivity index (χ0n) is 15.6. The molecule has 0 bridgehead atoms. The molecule has 140 valence electrons. The quantitative estimate of drug-likeness (QED) is 0.469. The van der Waals surface area contributed by atoms with E-state index in [0.717, 1.165) is 28.1 Å². The van der Waals surface area contributed by atoms with Gasteiger partial charge in [0.1, 0.15) is 12.4 Å². The number of fused-ring (bicyclic) bond motifs is 3. The van der Waals surface area contributed by atoms with Crippen LogP contribution in [0.15, 0.2) is 42.9 Å². The van der Waals surface area contributed by atoms with Crippen LogP contribution in [0.25, 0.3) is 22.4 Å². The van der Waals surface area contributed by atoms with E-state index in [4.69, 9.17) is 16.6 Å². The smallest absolute Gasteiger partial charge is 0.176 e. The summed E-state index contributed by atoms with van der Waals surface area (Å²) in [5, 5.41) is 15.1. The third-order valence-electron chi connectivity index (χ3n) is 4.90. The first-order chi connectivity index (χ1) is 13.5. The molecule has 9 heteroatoms. The standard InChI is InChI=1S/C19H17ClN8/c1-11-16(20)12(2)27(24-11)13(3)17-23-19-15-9-22-28(14-7-5-4-6-8-14)18(15)21-10-26(19)25-17/h4-10,13H,1-3H3/t13-/m1/s1. The van der Waals surface area contributed by atoms with Gasteiger partial charge in [-0.3, -0.25) is 4.68 Å². The van der Waals surface area contributed by atoms with Crippen LogP contribution in [-0.4, -0.2) is 39.1 Å². The minimum absolute atomic E-state index is 0.162. The average molecular weight is 393 g/mol. The van der Waals surface area contributed by atoms with E-state index in [0.29, 0.717) is 16.5 Å². The van der Waals surface area contributed by atoms with Gasteiger partial charge in [-0.25, -0.2) is 19.2 Å². The predicted molar refractivity (Wildman–Crippen MR) is 106 cm³/mol. The number of nitrogens with zero attached hydrogens (tertiary/aromatic N) is 8. The van der Waals surface area contributed by atoms with E-state index in [-0.39, 0.29) is 6.04 Å². The van der Waals surface area contributed by atoms with Gasteiger partial charge in [-0.1, -0.05) is 29.8 Å². The molecular formula is C19H17ClN8. The second kappa shape index (κ2) is 6.13. The average Bonchev–Trinajstić information content (AvgIpc) is 3.40. The fourth-order valence-corrected chi connectivity index (χ4v) is 3.53. The van der Waals surface area contributed by atoms with Crippen LogP contribution in [0.2, 0.25) is 5.02 Å². The van der Waals surface area contributed by atoms with Crippen molar-refractivity contribution in [3.05, 3.63) is 65.1 Å². The number of aromatic nitrogens is 8. The van der Waals surface area contributed by atoms with Crippen molar-refractivity contribution in [3.63, 3.8) is 0 Å². The molecule has 0 saturated heterocycles. The summed E-state index contributed by atoms with van der Waals surface area (Å²) in [4.78, 5) is 9.30. The van der Waals surface area contributed by atoms with Gasteiger partial charge in [-0.2, -0.15) is 10.2 Å². The van der Waals surface area contributed by atoms with Crippen LogP contribution in [0.4, 0.5) is 0 Å². The van der Waals surface area contributed by atoms with Gasteiger partial charge in [0.2, 0.25) is 0 Å². The molecule has 0 aliphatic carbocycles. The highest BCUT2D eigenvalue weighted by atomic mass is 35.5. The Hall–Kier alpha value is -3.26. The van der Waals surface area contributed by atoms with Gasteiger partial charge >= 0.3 is 0 Å². The van der Waals surface area contributed by atoms with E-state index in [1.165, 1.54) is 0 Å². The molecule has 5 rings (SSSR count). The molecule has 8 nitrogen and oxygen atoms in total. The van der Waals surface area contributed by atoms with Crippen molar-refractivity contribution >= 4 is 28.3 Å². The second-order valence-electron chi connectivity index (χ2n) is 6.72. The predicted octanol–water partition coefficient (Wildman–Crippen LogP) is 3.54. The first kappa shape index (κ1) is 16.9. The number of benzene rings is 1.